The number of piperidine rings is 1. The maximum Gasteiger partial charge on any atom is 0.323 e. The van der Waals surface area contributed by atoms with Gasteiger partial charge in [0.15, 0.2) is 11.8 Å². The van der Waals surface area contributed by atoms with Crippen molar-refractivity contribution in [2.75, 3.05) is 6.54 Å². The van der Waals surface area contributed by atoms with Gasteiger partial charge in [-0.3, -0.25) is 9.59 Å². The highest BCUT2D eigenvalue weighted by Gasteiger charge is 2.69. The SMILES string of the molecule is C[C@@H]1CC[C@H]2CC(=O)N(CC(=O)O)C3O[C@@]4(C)CC[C@@H]1[C@]32OO4. The molecular weight excluding hydrogens is 302 g/mol. The van der Waals surface area contributed by atoms with Crippen LogP contribution in [0.5, 0.6) is 0 Å². The molecule has 4 aliphatic heterocycles. The van der Waals surface area contributed by atoms with Crippen molar-refractivity contribution in [3.05, 3.63) is 0 Å². The Morgan fingerprint density at radius 2 is 2.13 bits per heavy atom. The molecule has 1 amide bonds. The first-order valence-electron chi connectivity index (χ1n) is 8.41. The summed E-state index contributed by atoms with van der Waals surface area (Å²) in [6.45, 7) is 3.64. The Labute approximate surface area is 134 Å². The van der Waals surface area contributed by atoms with Crippen molar-refractivity contribution in [1.82, 2.24) is 4.90 Å². The monoisotopic (exact) mass is 325 g/mol. The number of carboxylic acids is 1. The molecule has 23 heavy (non-hydrogen) atoms. The Morgan fingerprint density at radius 1 is 1.35 bits per heavy atom. The van der Waals surface area contributed by atoms with Crippen molar-refractivity contribution >= 4 is 11.9 Å². The summed E-state index contributed by atoms with van der Waals surface area (Å²) in [5, 5.41) is 9.21. The predicted molar refractivity (Wildman–Crippen MR) is 76.8 cm³/mol. The van der Waals surface area contributed by atoms with Crippen molar-refractivity contribution < 1.29 is 29.2 Å². The summed E-state index contributed by atoms with van der Waals surface area (Å²) in [5.41, 5.74) is -0.739. The molecular formula is C16H23NO6. The number of nitrogens with zero attached hydrogens (tertiary/aromatic N) is 1. The second-order valence-corrected chi connectivity index (χ2v) is 7.64. The van der Waals surface area contributed by atoms with E-state index in [9.17, 15) is 14.7 Å². The van der Waals surface area contributed by atoms with E-state index in [0.717, 1.165) is 19.3 Å². The summed E-state index contributed by atoms with van der Waals surface area (Å²) < 4.78 is 6.16. The number of hydrogen-bond acceptors (Lipinski definition) is 5. The molecule has 7 nitrogen and oxygen atoms in total. The Hall–Kier alpha value is -1.18. The number of carbonyl (C=O) groups is 2. The van der Waals surface area contributed by atoms with Crippen molar-refractivity contribution in [2.45, 2.75) is 63.6 Å². The van der Waals surface area contributed by atoms with Gasteiger partial charge >= 0.3 is 5.97 Å². The van der Waals surface area contributed by atoms with E-state index >= 15 is 0 Å². The molecule has 4 saturated heterocycles. The molecule has 4 heterocycles. The summed E-state index contributed by atoms with van der Waals surface area (Å²) in [5.74, 6) is -1.47. The van der Waals surface area contributed by atoms with Crippen molar-refractivity contribution in [3.63, 3.8) is 0 Å². The van der Waals surface area contributed by atoms with E-state index in [1.54, 1.807) is 6.92 Å². The van der Waals surface area contributed by atoms with Crippen molar-refractivity contribution in [1.29, 1.82) is 0 Å². The third kappa shape index (κ3) is 2.06. The van der Waals surface area contributed by atoms with E-state index in [1.807, 2.05) is 0 Å². The average Bonchev–Trinajstić information content (AvgIpc) is 2.72. The zero-order chi connectivity index (χ0) is 16.4. The fraction of sp³-hybridized carbons (Fsp3) is 0.875. The van der Waals surface area contributed by atoms with Crippen LogP contribution in [0, 0.1) is 17.8 Å². The van der Waals surface area contributed by atoms with Gasteiger partial charge in [-0.1, -0.05) is 6.92 Å². The molecule has 5 fully saturated rings. The van der Waals surface area contributed by atoms with Crippen molar-refractivity contribution in [2.24, 2.45) is 17.8 Å². The number of aliphatic carboxylic acids is 1. The van der Waals surface area contributed by atoms with Crippen LogP contribution >= 0.6 is 0 Å². The molecule has 0 aromatic heterocycles. The topological polar surface area (TPSA) is 85.3 Å². The fourth-order valence-corrected chi connectivity index (χ4v) is 5.08. The molecule has 1 saturated carbocycles. The molecule has 6 atom stereocenters. The van der Waals surface area contributed by atoms with E-state index in [1.165, 1.54) is 4.90 Å². The number of carbonyl (C=O) groups excluding carboxylic acids is 1. The minimum absolute atomic E-state index is 0.0221. The standard InChI is InChI=1S/C16H23NO6/c1-9-3-4-10-7-12(18)17(8-13(19)20)14-16(10)11(9)5-6-15(2,21-14)22-23-16/h9-11,14H,3-8H2,1-2H3,(H,19,20)/t9-,10+,11+,14?,15-,16+/m1/s1. The normalized spacial score (nSPS) is 48.8. The summed E-state index contributed by atoms with van der Waals surface area (Å²) >= 11 is 0. The largest absolute Gasteiger partial charge is 0.480 e. The van der Waals surface area contributed by atoms with E-state index in [2.05, 4.69) is 6.92 Å². The number of rotatable bonds is 2. The predicted octanol–water partition coefficient (Wildman–Crippen LogP) is 1.52. The molecule has 5 rings (SSSR count). The maximum absolute atomic E-state index is 12.5. The molecule has 1 spiro atoms. The van der Waals surface area contributed by atoms with Crippen LogP contribution in [0.15, 0.2) is 0 Å². The lowest BCUT2D eigenvalue weighted by Gasteiger charge is -2.59. The first kappa shape index (κ1) is 15.4. The van der Waals surface area contributed by atoms with Crippen LogP contribution in [0.3, 0.4) is 0 Å². The second-order valence-electron chi connectivity index (χ2n) is 7.64. The van der Waals surface area contributed by atoms with Gasteiger partial charge in [-0.25, -0.2) is 9.78 Å². The molecule has 1 unspecified atom stereocenters. The number of hydrogen-bond donors (Lipinski definition) is 1. The third-order valence-electron chi connectivity index (χ3n) is 6.22. The summed E-state index contributed by atoms with van der Waals surface area (Å²) in [6.07, 6.45) is 3.14. The van der Waals surface area contributed by atoms with Gasteiger partial charge in [-0.05, 0) is 38.0 Å². The molecule has 1 aliphatic carbocycles. The highest BCUT2D eigenvalue weighted by molar-refractivity contribution is 5.83. The van der Waals surface area contributed by atoms with E-state index in [4.69, 9.17) is 14.5 Å². The summed E-state index contributed by atoms with van der Waals surface area (Å²) in [4.78, 5) is 36.7. The molecule has 5 aliphatic rings. The van der Waals surface area contributed by atoms with Crippen molar-refractivity contribution in [3.8, 4) is 0 Å². The Kier molecular flexibility index (Phi) is 3.28. The van der Waals surface area contributed by atoms with Gasteiger partial charge in [0.1, 0.15) is 6.54 Å². The summed E-state index contributed by atoms with van der Waals surface area (Å²) in [7, 11) is 0. The maximum atomic E-state index is 12.5. The zero-order valence-electron chi connectivity index (χ0n) is 13.5. The van der Waals surface area contributed by atoms with Crippen LogP contribution in [0.1, 0.15) is 46.0 Å². The van der Waals surface area contributed by atoms with E-state index in [-0.39, 0.29) is 24.3 Å². The Balaban J connectivity index is 1.81. The summed E-state index contributed by atoms with van der Waals surface area (Å²) in [6, 6.07) is 0. The third-order valence-corrected chi connectivity index (χ3v) is 6.22. The molecule has 128 valence electrons. The van der Waals surface area contributed by atoms with Gasteiger partial charge in [0.2, 0.25) is 11.7 Å². The van der Waals surface area contributed by atoms with Crippen LogP contribution < -0.4 is 0 Å². The first-order chi connectivity index (χ1) is 10.9. The van der Waals surface area contributed by atoms with Gasteiger partial charge in [0.05, 0.1) is 0 Å². The van der Waals surface area contributed by atoms with Gasteiger partial charge in [0, 0.05) is 18.8 Å². The molecule has 2 bridgehead atoms. The first-order valence-corrected chi connectivity index (χ1v) is 8.41. The smallest absolute Gasteiger partial charge is 0.323 e. The van der Waals surface area contributed by atoms with Gasteiger partial charge in [0.25, 0.3) is 0 Å². The lowest BCUT2D eigenvalue weighted by atomic mass is 9.59. The Morgan fingerprint density at radius 3 is 2.87 bits per heavy atom. The number of fused-ring (bicyclic) bond motifs is 2. The highest BCUT2D eigenvalue weighted by atomic mass is 17.3. The zero-order valence-corrected chi connectivity index (χ0v) is 13.5. The minimum atomic E-state index is -1.04. The second kappa shape index (κ2) is 4.91. The average molecular weight is 325 g/mol. The van der Waals surface area contributed by atoms with Crippen LogP contribution in [-0.2, 0) is 24.1 Å². The van der Waals surface area contributed by atoms with E-state index < -0.39 is 23.6 Å². The lowest BCUT2D eigenvalue weighted by molar-refractivity contribution is -0.545. The number of amides is 1. The minimum Gasteiger partial charge on any atom is -0.480 e. The molecule has 7 heteroatoms. The highest BCUT2D eigenvalue weighted by Crippen LogP contribution is 2.59. The number of carboxylic acid groups (broad SMARTS) is 1. The van der Waals surface area contributed by atoms with Crippen LogP contribution in [0.25, 0.3) is 0 Å². The van der Waals surface area contributed by atoms with Crippen LogP contribution in [0.4, 0.5) is 0 Å². The van der Waals surface area contributed by atoms with E-state index in [0.29, 0.717) is 18.8 Å². The molecule has 1 N–H and O–H groups in total. The number of likely N-dealkylation sites (tertiary alicyclic amines) is 1. The van der Waals surface area contributed by atoms with Gasteiger partial charge < -0.3 is 14.7 Å². The molecule has 0 aromatic rings. The van der Waals surface area contributed by atoms with Crippen LogP contribution in [-0.4, -0.2) is 46.0 Å². The number of ether oxygens (including phenoxy) is 1. The molecule has 0 aromatic carbocycles. The lowest BCUT2D eigenvalue weighted by Crippen LogP contribution is -2.73. The Bertz CT molecular complexity index is 549. The fourth-order valence-electron chi connectivity index (χ4n) is 5.08. The van der Waals surface area contributed by atoms with Crippen LogP contribution in [0.2, 0.25) is 0 Å². The molecule has 0 radical (unpaired) electrons. The van der Waals surface area contributed by atoms with Gasteiger partial charge in [-0.15, -0.1) is 0 Å². The quantitative estimate of drug-likeness (QED) is 0.775. The van der Waals surface area contributed by atoms with Gasteiger partial charge in [-0.2, -0.15) is 0 Å².